The van der Waals surface area contributed by atoms with Crippen LogP contribution in [-0.2, 0) is 6.54 Å². The van der Waals surface area contributed by atoms with E-state index in [1.807, 2.05) is 30.5 Å². The van der Waals surface area contributed by atoms with Crippen molar-refractivity contribution in [2.75, 3.05) is 31.1 Å². The van der Waals surface area contributed by atoms with Crippen molar-refractivity contribution in [2.24, 2.45) is 0 Å². The molecule has 2 aromatic rings. The number of hydrogen-bond donors (Lipinski definition) is 2. The molecule has 0 unspecified atom stereocenters. The predicted molar refractivity (Wildman–Crippen MR) is 91.0 cm³/mol. The maximum atomic E-state index is 12.2. The minimum atomic E-state index is -0.0604. The number of aromatic hydroxyl groups is 1. The largest absolute Gasteiger partial charge is 0.506 e. The van der Waals surface area contributed by atoms with Gasteiger partial charge in [-0.05, 0) is 19.1 Å². The molecule has 0 atom stereocenters. The highest BCUT2D eigenvalue weighted by atomic mass is 32.1. The Hall–Kier alpha value is -2.28. The van der Waals surface area contributed by atoms with Crippen LogP contribution >= 0.6 is 11.3 Å². The normalized spacial score (nSPS) is 14.8. The topological polar surface area (TPSA) is 68.7 Å². The SMILES string of the molecule is Cc1csc(CNC(=O)N2CCN(c3ccccc3O)CC2)n1. The third kappa shape index (κ3) is 3.73. The van der Waals surface area contributed by atoms with Gasteiger partial charge in [-0.25, -0.2) is 9.78 Å². The molecule has 2 heterocycles. The lowest BCUT2D eigenvalue weighted by atomic mass is 10.2. The molecule has 0 bridgehead atoms. The fraction of sp³-hybridized carbons (Fsp3) is 0.375. The number of anilines is 1. The van der Waals surface area contributed by atoms with Gasteiger partial charge < -0.3 is 20.2 Å². The van der Waals surface area contributed by atoms with Gasteiger partial charge in [-0.1, -0.05) is 12.1 Å². The number of rotatable bonds is 3. The number of nitrogens with one attached hydrogen (secondary N) is 1. The van der Waals surface area contributed by atoms with Crippen LogP contribution in [0.25, 0.3) is 0 Å². The Morgan fingerprint density at radius 3 is 2.70 bits per heavy atom. The summed E-state index contributed by atoms with van der Waals surface area (Å²) in [5, 5.41) is 15.7. The van der Waals surface area contributed by atoms with Crippen molar-refractivity contribution in [3.8, 4) is 5.75 Å². The molecule has 0 radical (unpaired) electrons. The van der Waals surface area contributed by atoms with Crippen LogP contribution in [0.15, 0.2) is 29.6 Å². The van der Waals surface area contributed by atoms with E-state index in [1.54, 1.807) is 22.3 Å². The van der Waals surface area contributed by atoms with E-state index in [4.69, 9.17) is 0 Å². The zero-order valence-corrected chi connectivity index (χ0v) is 13.8. The molecule has 1 fully saturated rings. The smallest absolute Gasteiger partial charge is 0.317 e. The van der Waals surface area contributed by atoms with E-state index < -0.39 is 0 Å². The molecule has 0 aliphatic carbocycles. The van der Waals surface area contributed by atoms with E-state index in [-0.39, 0.29) is 11.8 Å². The zero-order valence-electron chi connectivity index (χ0n) is 13.0. The first kappa shape index (κ1) is 15.6. The lowest BCUT2D eigenvalue weighted by Gasteiger charge is -2.36. The second-order valence-corrected chi connectivity index (χ2v) is 6.45. The number of phenolic OH excluding ortho intramolecular Hbond substituents is 1. The number of piperazine rings is 1. The quantitative estimate of drug-likeness (QED) is 0.904. The average molecular weight is 332 g/mol. The Morgan fingerprint density at radius 1 is 1.30 bits per heavy atom. The predicted octanol–water partition coefficient (Wildman–Crippen LogP) is 2.19. The van der Waals surface area contributed by atoms with Crippen molar-refractivity contribution in [3.63, 3.8) is 0 Å². The molecular formula is C16H20N4O2S. The van der Waals surface area contributed by atoms with Gasteiger partial charge in [0.1, 0.15) is 10.8 Å². The van der Waals surface area contributed by atoms with Gasteiger partial charge in [0, 0.05) is 37.3 Å². The van der Waals surface area contributed by atoms with Crippen LogP contribution in [0.4, 0.5) is 10.5 Å². The first-order valence-electron chi connectivity index (χ1n) is 7.60. The Morgan fingerprint density at radius 2 is 2.04 bits per heavy atom. The first-order chi connectivity index (χ1) is 11.1. The number of aromatic nitrogens is 1. The van der Waals surface area contributed by atoms with Crippen LogP contribution < -0.4 is 10.2 Å². The molecule has 1 aromatic heterocycles. The summed E-state index contributed by atoms with van der Waals surface area (Å²) in [6.07, 6.45) is 0. The number of aryl methyl sites for hydroxylation is 1. The van der Waals surface area contributed by atoms with Gasteiger partial charge in [0.05, 0.1) is 12.2 Å². The summed E-state index contributed by atoms with van der Waals surface area (Å²) in [5.74, 6) is 0.282. The van der Waals surface area contributed by atoms with Gasteiger partial charge in [-0.3, -0.25) is 0 Å². The molecule has 2 N–H and O–H groups in total. The number of benzene rings is 1. The van der Waals surface area contributed by atoms with Crippen molar-refractivity contribution in [3.05, 3.63) is 40.3 Å². The standard InChI is InChI=1S/C16H20N4O2S/c1-12-11-23-15(18-12)10-17-16(22)20-8-6-19(7-9-20)13-4-2-3-5-14(13)21/h2-5,11,21H,6-10H2,1H3,(H,17,22). The Balaban J connectivity index is 1.50. The lowest BCUT2D eigenvalue weighted by Crippen LogP contribution is -2.51. The van der Waals surface area contributed by atoms with Crippen LogP contribution in [0, 0.1) is 6.92 Å². The van der Waals surface area contributed by atoms with Crippen LogP contribution in [0.1, 0.15) is 10.7 Å². The summed E-state index contributed by atoms with van der Waals surface area (Å²) in [6, 6.07) is 7.24. The van der Waals surface area contributed by atoms with Crippen LogP contribution in [0.3, 0.4) is 0 Å². The van der Waals surface area contributed by atoms with Crippen LogP contribution in [-0.4, -0.2) is 47.2 Å². The molecule has 1 aliphatic rings. The van der Waals surface area contributed by atoms with Gasteiger partial charge >= 0.3 is 6.03 Å². The number of phenols is 1. The third-order valence-electron chi connectivity index (χ3n) is 3.85. The summed E-state index contributed by atoms with van der Waals surface area (Å²) in [7, 11) is 0. The number of amides is 2. The zero-order chi connectivity index (χ0) is 16.2. The van der Waals surface area contributed by atoms with Crippen LogP contribution in [0.2, 0.25) is 0 Å². The second kappa shape index (κ2) is 6.87. The molecule has 0 spiro atoms. The molecule has 0 saturated carbocycles. The number of nitrogens with zero attached hydrogens (tertiary/aromatic N) is 3. The number of para-hydroxylation sites is 2. The summed E-state index contributed by atoms with van der Waals surface area (Å²) < 4.78 is 0. The molecule has 122 valence electrons. The summed E-state index contributed by atoms with van der Waals surface area (Å²) in [4.78, 5) is 20.5. The minimum absolute atomic E-state index is 0.0604. The lowest BCUT2D eigenvalue weighted by molar-refractivity contribution is 0.194. The fourth-order valence-electron chi connectivity index (χ4n) is 2.63. The number of thiazole rings is 1. The third-order valence-corrected chi connectivity index (χ3v) is 4.81. The van der Waals surface area contributed by atoms with Gasteiger partial charge in [0.2, 0.25) is 0 Å². The molecular weight excluding hydrogens is 312 g/mol. The highest BCUT2D eigenvalue weighted by molar-refractivity contribution is 7.09. The summed E-state index contributed by atoms with van der Waals surface area (Å²) >= 11 is 1.56. The van der Waals surface area contributed by atoms with Gasteiger partial charge in [0.15, 0.2) is 0 Å². The Bertz CT molecular complexity index is 680. The average Bonchev–Trinajstić information content (AvgIpc) is 2.99. The van der Waals surface area contributed by atoms with E-state index in [1.165, 1.54) is 0 Å². The number of hydrogen-bond acceptors (Lipinski definition) is 5. The van der Waals surface area contributed by atoms with E-state index in [9.17, 15) is 9.90 Å². The van der Waals surface area contributed by atoms with Gasteiger partial charge in [-0.15, -0.1) is 11.3 Å². The van der Waals surface area contributed by atoms with Gasteiger partial charge in [-0.2, -0.15) is 0 Å². The minimum Gasteiger partial charge on any atom is -0.506 e. The van der Waals surface area contributed by atoms with Gasteiger partial charge in [0.25, 0.3) is 0 Å². The van der Waals surface area contributed by atoms with Crippen molar-refractivity contribution in [1.82, 2.24) is 15.2 Å². The summed E-state index contributed by atoms with van der Waals surface area (Å²) in [5.41, 5.74) is 1.81. The number of carbonyl (C=O) groups excluding carboxylic acids is 1. The molecule has 1 aromatic carbocycles. The second-order valence-electron chi connectivity index (χ2n) is 5.50. The van der Waals surface area contributed by atoms with Crippen molar-refractivity contribution >= 4 is 23.1 Å². The van der Waals surface area contributed by atoms with Crippen LogP contribution in [0.5, 0.6) is 5.75 Å². The molecule has 3 rings (SSSR count). The maximum absolute atomic E-state index is 12.2. The highest BCUT2D eigenvalue weighted by Crippen LogP contribution is 2.27. The van der Waals surface area contributed by atoms with Crippen molar-refractivity contribution in [1.29, 1.82) is 0 Å². The Labute approximate surface area is 139 Å². The van der Waals surface area contributed by atoms with E-state index in [0.29, 0.717) is 32.7 Å². The van der Waals surface area contributed by atoms with Crippen molar-refractivity contribution < 1.29 is 9.90 Å². The molecule has 2 amide bonds. The fourth-order valence-corrected chi connectivity index (χ4v) is 3.34. The molecule has 7 heteroatoms. The Kier molecular flexibility index (Phi) is 4.66. The maximum Gasteiger partial charge on any atom is 0.317 e. The van der Waals surface area contributed by atoms with E-state index in [0.717, 1.165) is 16.4 Å². The molecule has 1 saturated heterocycles. The number of carbonyl (C=O) groups is 1. The monoisotopic (exact) mass is 332 g/mol. The van der Waals surface area contributed by atoms with Crippen molar-refractivity contribution in [2.45, 2.75) is 13.5 Å². The van der Waals surface area contributed by atoms with E-state index >= 15 is 0 Å². The molecule has 6 nitrogen and oxygen atoms in total. The molecule has 23 heavy (non-hydrogen) atoms. The van der Waals surface area contributed by atoms with E-state index in [2.05, 4.69) is 15.2 Å². The first-order valence-corrected chi connectivity index (χ1v) is 8.48. The number of urea groups is 1. The highest BCUT2D eigenvalue weighted by Gasteiger charge is 2.22. The summed E-state index contributed by atoms with van der Waals surface area (Å²) in [6.45, 7) is 5.11. The molecule has 1 aliphatic heterocycles.